The molecule has 0 unspecified atom stereocenters. The number of nitrogens with one attached hydrogen (secondary N) is 2. The maximum Gasteiger partial charge on any atom is 0.275 e. The summed E-state index contributed by atoms with van der Waals surface area (Å²) in [6.45, 7) is 0. The first kappa shape index (κ1) is 17.1. The van der Waals surface area contributed by atoms with Gasteiger partial charge in [0.15, 0.2) is 0 Å². The second-order valence-electron chi connectivity index (χ2n) is 5.31. The smallest absolute Gasteiger partial charge is 0.275 e. The largest absolute Gasteiger partial charge is 0.319 e. The Morgan fingerprint density at radius 2 is 1.96 bits per heavy atom. The van der Waals surface area contributed by atoms with Gasteiger partial charge in [0.1, 0.15) is 10.7 Å². The Morgan fingerprint density at radius 1 is 1.24 bits per heavy atom. The van der Waals surface area contributed by atoms with Crippen molar-refractivity contribution in [3.05, 3.63) is 47.7 Å². The van der Waals surface area contributed by atoms with E-state index in [2.05, 4.69) is 20.1 Å². The molecule has 0 aliphatic rings. The number of amides is 1. The van der Waals surface area contributed by atoms with E-state index < -0.39 is 15.9 Å². The molecule has 1 amide bonds. The van der Waals surface area contributed by atoms with Crippen molar-refractivity contribution in [1.29, 1.82) is 0 Å². The average Bonchev–Trinajstić information content (AvgIpc) is 3.16. The standard InChI is InChI=1S/C15H15N5O3S2/c1-20-8-10(7-16-20)15-18-13(9-24-15)14(21)17-11-5-3-4-6-12(11)19-25(2,22)23/h3-9,19H,1-2H3,(H,17,21). The number of aryl methyl sites for hydroxylation is 1. The van der Waals surface area contributed by atoms with Crippen molar-refractivity contribution in [2.75, 3.05) is 16.3 Å². The predicted octanol–water partition coefficient (Wildman–Crippen LogP) is 2.17. The van der Waals surface area contributed by atoms with Crippen molar-refractivity contribution in [2.24, 2.45) is 7.05 Å². The second-order valence-corrected chi connectivity index (χ2v) is 7.92. The summed E-state index contributed by atoms with van der Waals surface area (Å²) in [6.07, 6.45) is 4.53. The lowest BCUT2D eigenvalue weighted by Crippen LogP contribution is -2.16. The van der Waals surface area contributed by atoms with E-state index >= 15 is 0 Å². The number of hydrogen-bond donors (Lipinski definition) is 2. The molecule has 130 valence electrons. The molecule has 1 aromatic carbocycles. The van der Waals surface area contributed by atoms with Crippen LogP contribution < -0.4 is 10.0 Å². The van der Waals surface area contributed by atoms with Crippen LogP contribution in [-0.2, 0) is 17.1 Å². The minimum atomic E-state index is -3.45. The zero-order chi connectivity index (χ0) is 18.0. The molecule has 0 aliphatic carbocycles. The fraction of sp³-hybridized carbons (Fsp3) is 0.133. The molecular weight excluding hydrogens is 362 g/mol. The highest BCUT2D eigenvalue weighted by atomic mass is 32.2. The number of anilines is 2. The van der Waals surface area contributed by atoms with E-state index in [1.54, 1.807) is 47.6 Å². The van der Waals surface area contributed by atoms with Crippen molar-refractivity contribution in [3.63, 3.8) is 0 Å². The second kappa shape index (κ2) is 6.65. The van der Waals surface area contributed by atoms with E-state index in [0.29, 0.717) is 16.4 Å². The van der Waals surface area contributed by atoms with Gasteiger partial charge in [-0.25, -0.2) is 13.4 Å². The Morgan fingerprint density at radius 3 is 2.60 bits per heavy atom. The SMILES string of the molecule is Cn1cc(-c2nc(C(=O)Nc3ccccc3NS(C)(=O)=O)cs2)cn1. The van der Waals surface area contributed by atoms with Crippen LogP contribution in [0.25, 0.3) is 10.6 Å². The highest BCUT2D eigenvalue weighted by molar-refractivity contribution is 7.92. The maximum absolute atomic E-state index is 12.4. The molecule has 2 heterocycles. The number of sulfonamides is 1. The molecule has 10 heteroatoms. The maximum atomic E-state index is 12.4. The van der Waals surface area contributed by atoms with Crippen molar-refractivity contribution < 1.29 is 13.2 Å². The number of nitrogens with zero attached hydrogens (tertiary/aromatic N) is 3. The highest BCUT2D eigenvalue weighted by Crippen LogP contribution is 2.25. The average molecular weight is 377 g/mol. The van der Waals surface area contributed by atoms with Crippen molar-refractivity contribution in [3.8, 4) is 10.6 Å². The number of thiazole rings is 1. The lowest BCUT2D eigenvalue weighted by Gasteiger charge is -2.10. The van der Waals surface area contributed by atoms with Gasteiger partial charge in [-0.3, -0.25) is 14.2 Å². The van der Waals surface area contributed by atoms with E-state index in [0.717, 1.165) is 11.8 Å². The van der Waals surface area contributed by atoms with Gasteiger partial charge in [0, 0.05) is 24.2 Å². The number of rotatable bonds is 5. The van der Waals surface area contributed by atoms with Crippen LogP contribution in [0.4, 0.5) is 11.4 Å². The fourth-order valence-corrected chi connectivity index (χ4v) is 3.46. The summed E-state index contributed by atoms with van der Waals surface area (Å²) in [7, 11) is -1.65. The van der Waals surface area contributed by atoms with Crippen LogP contribution in [0.15, 0.2) is 42.0 Å². The van der Waals surface area contributed by atoms with Crippen LogP contribution in [0.1, 0.15) is 10.5 Å². The zero-order valence-electron chi connectivity index (χ0n) is 13.4. The molecule has 25 heavy (non-hydrogen) atoms. The molecule has 0 fully saturated rings. The molecule has 8 nitrogen and oxygen atoms in total. The Balaban J connectivity index is 1.81. The molecule has 3 rings (SSSR count). The van der Waals surface area contributed by atoms with Gasteiger partial charge in [-0.2, -0.15) is 5.10 Å². The zero-order valence-corrected chi connectivity index (χ0v) is 15.1. The number of carbonyl (C=O) groups excluding carboxylic acids is 1. The number of aromatic nitrogens is 3. The summed E-state index contributed by atoms with van der Waals surface area (Å²) >= 11 is 1.33. The number of benzene rings is 1. The minimum Gasteiger partial charge on any atom is -0.319 e. The van der Waals surface area contributed by atoms with Crippen LogP contribution in [0, 0.1) is 0 Å². The Labute approximate surface area is 148 Å². The van der Waals surface area contributed by atoms with E-state index in [1.807, 2.05) is 6.20 Å². The summed E-state index contributed by atoms with van der Waals surface area (Å²) in [5.41, 5.74) is 1.72. The van der Waals surface area contributed by atoms with E-state index in [-0.39, 0.29) is 5.69 Å². The number of hydrogen-bond acceptors (Lipinski definition) is 6. The van der Waals surface area contributed by atoms with Gasteiger partial charge < -0.3 is 5.32 Å². The summed E-state index contributed by atoms with van der Waals surface area (Å²) in [4.78, 5) is 16.7. The molecule has 0 saturated heterocycles. The Kier molecular flexibility index (Phi) is 4.55. The lowest BCUT2D eigenvalue weighted by molar-refractivity contribution is 0.102. The van der Waals surface area contributed by atoms with Crippen LogP contribution >= 0.6 is 11.3 Å². The van der Waals surface area contributed by atoms with Gasteiger partial charge in [0.25, 0.3) is 5.91 Å². The quantitative estimate of drug-likeness (QED) is 0.709. The first-order valence-corrected chi connectivity index (χ1v) is 9.91. The van der Waals surface area contributed by atoms with Crippen LogP contribution in [0.2, 0.25) is 0 Å². The highest BCUT2D eigenvalue weighted by Gasteiger charge is 2.15. The monoisotopic (exact) mass is 377 g/mol. The van der Waals surface area contributed by atoms with E-state index in [9.17, 15) is 13.2 Å². The van der Waals surface area contributed by atoms with E-state index in [1.165, 1.54) is 11.3 Å². The third-order valence-electron chi connectivity index (χ3n) is 3.16. The summed E-state index contributed by atoms with van der Waals surface area (Å²) < 4.78 is 26.9. The van der Waals surface area contributed by atoms with Crippen LogP contribution in [-0.4, -0.2) is 35.3 Å². The first-order chi connectivity index (χ1) is 11.8. The van der Waals surface area contributed by atoms with Crippen LogP contribution in [0.5, 0.6) is 0 Å². The van der Waals surface area contributed by atoms with Crippen molar-refractivity contribution >= 4 is 38.6 Å². The molecule has 0 saturated carbocycles. The summed E-state index contributed by atoms with van der Waals surface area (Å²) in [6, 6.07) is 6.55. The summed E-state index contributed by atoms with van der Waals surface area (Å²) in [5.74, 6) is -0.422. The van der Waals surface area contributed by atoms with Gasteiger partial charge >= 0.3 is 0 Å². The fourth-order valence-electron chi connectivity index (χ4n) is 2.11. The normalized spacial score (nSPS) is 11.3. The number of para-hydroxylation sites is 2. The van der Waals surface area contributed by atoms with Crippen LogP contribution in [0.3, 0.4) is 0 Å². The molecule has 0 spiro atoms. The molecule has 0 bridgehead atoms. The third kappa shape index (κ3) is 4.22. The molecule has 0 radical (unpaired) electrons. The first-order valence-electron chi connectivity index (χ1n) is 7.14. The predicted molar refractivity (Wildman–Crippen MR) is 97.2 cm³/mol. The Bertz CT molecular complexity index is 1020. The van der Waals surface area contributed by atoms with Gasteiger partial charge in [-0.15, -0.1) is 11.3 Å². The molecule has 3 aromatic rings. The van der Waals surface area contributed by atoms with Gasteiger partial charge in [-0.1, -0.05) is 12.1 Å². The number of carbonyl (C=O) groups is 1. The summed E-state index contributed by atoms with van der Waals surface area (Å²) in [5, 5.41) is 9.08. The van der Waals surface area contributed by atoms with Crippen molar-refractivity contribution in [2.45, 2.75) is 0 Å². The molecule has 2 aromatic heterocycles. The Hall–Kier alpha value is -2.72. The van der Waals surface area contributed by atoms with E-state index in [4.69, 9.17) is 0 Å². The molecular formula is C15H15N5O3S2. The third-order valence-corrected chi connectivity index (χ3v) is 4.64. The lowest BCUT2D eigenvalue weighted by atomic mass is 10.2. The molecule has 2 N–H and O–H groups in total. The molecule has 0 atom stereocenters. The van der Waals surface area contributed by atoms with Crippen molar-refractivity contribution in [1.82, 2.24) is 14.8 Å². The topological polar surface area (TPSA) is 106 Å². The van der Waals surface area contributed by atoms with Gasteiger partial charge in [0.2, 0.25) is 10.0 Å². The van der Waals surface area contributed by atoms with Gasteiger partial charge in [0.05, 0.1) is 23.8 Å². The van der Waals surface area contributed by atoms with Gasteiger partial charge in [-0.05, 0) is 12.1 Å². The minimum absolute atomic E-state index is 0.248. The molecule has 0 aliphatic heterocycles.